The normalized spacial score (nSPS) is 11.1. The van der Waals surface area contributed by atoms with E-state index in [-0.39, 0.29) is 5.91 Å². The van der Waals surface area contributed by atoms with Crippen molar-refractivity contribution in [1.29, 1.82) is 0 Å². The van der Waals surface area contributed by atoms with E-state index in [9.17, 15) is 4.79 Å². The molecular weight excluding hydrogens is 376 g/mol. The zero-order valence-corrected chi connectivity index (χ0v) is 16.9. The van der Waals surface area contributed by atoms with Gasteiger partial charge in [0.2, 0.25) is 5.13 Å². The number of hydrogen-bond acceptors (Lipinski definition) is 6. The molecule has 4 rings (SSSR count). The third kappa shape index (κ3) is 3.24. The van der Waals surface area contributed by atoms with Crippen LogP contribution < -0.4 is 10.1 Å². The van der Waals surface area contributed by atoms with Crippen LogP contribution in [-0.2, 0) is 6.54 Å². The Morgan fingerprint density at radius 3 is 2.75 bits per heavy atom. The van der Waals surface area contributed by atoms with Crippen molar-refractivity contribution < 1.29 is 9.53 Å². The van der Waals surface area contributed by atoms with E-state index in [1.165, 1.54) is 11.3 Å². The standard InChI is InChI=1S/C19H20N6O2S/c1-5-24-12(3)9-15(23-24)18(26)21-17-8-11(2)22-25(17)19-20-14-7-6-13(27-4)10-16(14)28-19/h6-10H,5H2,1-4H3,(H,21,26). The molecule has 0 radical (unpaired) electrons. The van der Waals surface area contributed by atoms with Crippen molar-refractivity contribution in [1.82, 2.24) is 24.5 Å². The fraction of sp³-hybridized carbons (Fsp3) is 0.263. The van der Waals surface area contributed by atoms with Crippen molar-refractivity contribution in [2.75, 3.05) is 12.4 Å². The van der Waals surface area contributed by atoms with Gasteiger partial charge in [-0.25, -0.2) is 4.98 Å². The monoisotopic (exact) mass is 396 g/mol. The number of amides is 1. The summed E-state index contributed by atoms with van der Waals surface area (Å²) in [4.78, 5) is 17.3. The molecule has 8 nitrogen and oxygen atoms in total. The Labute approximate surface area is 165 Å². The van der Waals surface area contributed by atoms with Crippen molar-refractivity contribution in [3.63, 3.8) is 0 Å². The molecule has 0 unspecified atom stereocenters. The molecular formula is C19H20N6O2S. The third-order valence-corrected chi connectivity index (χ3v) is 5.35. The van der Waals surface area contributed by atoms with Gasteiger partial charge in [0.25, 0.3) is 5.91 Å². The summed E-state index contributed by atoms with van der Waals surface area (Å²) >= 11 is 1.48. The summed E-state index contributed by atoms with van der Waals surface area (Å²) < 4.78 is 9.70. The molecule has 1 aromatic carbocycles. The Morgan fingerprint density at radius 2 is 2.04 bits per heavy atom. The van der Waals surface area contributed by atoms with Gasteiger partial charge in [-0.2, -0.15) is 14.9 Å². The Kier molecular flexibility index (Phi) is 4.60. The summed E-state index contributed by atoms with van der Waals surface area (Å²) in [6.07, 6.45) is 0. The molecule has 0 bridgehead atoms. The van der Waals surface area contributed by atoms with Crippen LogP contribution in [0.25, 0.3) is 15.3 Å². The maximum atomic E-state index is 12.7. The van der Waals surface area contributed by atoms with Gasteiger partial charge in [0.15, 0.2) is 5.69 Å². The van der Waals surface area contributed by atoms with Crippen LogP contribution >= 0.6 is 11.3 Å². The van der Waals surface area contributed by atoms with E-state index < -0.39 is 0 Å². The van der Waals surface area contributed by atoms with Gasteiger partial charge < -0.3 is 10.1 Å². The molecule has 9 heteroatoms. The predicted molar refractivity (Wildman–Crippen MR) is 109 cm³/mol. The first-order valence-electron chi connectivity index (χ1n) is 8.86. The van der Waals surface area contributed by atoms with Gasteiger partial charge in [-0.1, -0.05) is 11.3 Å². The Hall–Kier alpha value is -3.20. The predicted octanol–water partition coefficient (Wildman–Crippen LogP) is 3.58. The number of carbonyl (C=O) groups excluding carboxylic acids is 1. The lowest BCUT2D eigenvalue weighted by Crippen LogP contribution is -2.16. The van der Waals surface area contributed by atoms with Gasteiger partial charge >= 0.3 is 0 Å². The number of thiazole rings is 1. The lowest BCUT2D eigenvalue weighted by atomic mass is 10.3. The summed E-state index contributed by atoms with van der Waals surface area (Å²) in [6, 6.07) is 9.30. The van der Waals surface area contributed by atoms with Crippen LogP contribution in [0.1, 0.15) is 28.8 Å². The summed E-state index contributed by atoms with van der Waals surface area (Å²) in [5.74, 6) is 1.05. The summed E-state index contributed by atoms with van der Waals surface area (Å²) in [7, 11) is 1.63. The molecule has 0 spiro atoms. The van der Waals surface area contributed by atoms with Crippen molar-refractivity contribution >= 4 is 33.3 Å². The van der Waals surface area contributed by atoms with Crippen LogP contribution in [0.3, 0.4) is 0 Å². The molecule has 0 aliphatic carbocycles. The molecule has 0 atom stereocenters. The molecule has 0 saturated heterocycles. The topological polar surface area (TPSA) is 86.9 Å². The van der Waals surface area contributed by atoms with Crippen LogP contribution in [0.2, 0.25) is 0 Å². The van der Waals surface area contributed by atoms with E-state index in [2.05, 4.69) is 20.5 Å². The number of benzene rings is 1. The molecule has 3 aromatic heterocycles. The summed E-state index contributed by atoms with van der Waals surface area (Å²) in [6.45, 7) is 6.50. The molecule has 0 aliphatic heterocycles. The molecule has 144 valence electrons. The lowest BCUT2D eigenvalue weighted by Gasteiger charge is -2.04. The van der Waals surface area contributed by atoms with E-state index in [0.29, 0.717) is 23.2 Å². The van der Waals surface area contributed by atoms with Crippen LogP contribution in [0, 0.1) is 13.8 Å². The fourth-order valence-electron chi connectivity index (χ4n) is 2.97. The summed E-state index contributed by atoms with van der Waals surface area (Å²) in [5, 5.41) is 12.4. The second kappa shape index (κ2) is 7.08. The highest BCUT2D eigenvalue weighted by molar-refractivity contribution is 7.20. The molecule has 3 heterocycles. The maximum Gasteiger partial charge on any atom is 0.277 e. The Balaban J connectivity index is 1.67. The molecule has 1 N–H and O–H groups in total. The van der Waals surface area contributed by atoms with Crippen molar-refractivity contribution in [2.24, 2.45) is 0 Å². The highest BCUT2D eigenvalue weighted by Crippen LogP contribution is 2.30. The van der Waals surface area contributed by atoms with Gasteiger partial charge in [-0.05, 0) is 45.0 Å². The second-order valence-corrected chi connectivity index (χ2v) is 7.36. The van der Waals surface area contributed by atoms with Gasteiger partial charge in [0.05, 0.1) is 23.0 Å². The van der Waals surface area contributed by atoms with E-state index in [1.54, 1.807) is 22.5 Å². The van der Waals surface area contributed by atoms with Gasteiger partial charge in [0, 0.05) is 18.3 Å². The Bertz CT molecular complexity index is 1170. The number of hydrogen-bond donors (Lipinski definition) is 1. The van der Waals surface area contributed by atoms with E-state index in [1.807, 2.05) is 45.0 Å². The number of rotatable bonds is 5. The molecule has 1 amide bonds. The fourth-order valence-corrected chi connectivity index (χ4v) is 3.93. The van der Waals surface area contributed by atoms with E-state index >= 15 is 0 Å². The number of nitrogens with zero attached hydrogens (tertiary/aromatic N) is 5. The molecule has 0 aliphatic rings. The smallest absolute Gasteiger partial charge is 0.277 e. The highest BCUT2D eigenvalue weighted by Gasteiger charge is 2.18. The average molecular weight is 396 g/mol. The minimum atomic E-state index is -0.278. The molecule has 0 saturated carbocycles. The molecule has 28 heavy (non-hydrogen) atoms. The minimum Gasteiger partial charge on any atom is -0.497 e. The van der Waals surface area contributed by atoms with Crippen LogP contribution in [0.15, 0.2) is 30.3 Å². The first-order valence-corrected chi connectivity index (χ1v) is 9.67. The van der Waals surface area contributed by atoms with Gasteiger partial charge in [0.1, 0.15) is 11.6 Å². The van der Waals surface area contributed by atoms with Crippen LogP contribution in [-0.4, -0.2) is 37.6 Å². The number of nitrogens with one attached hydrogen (secondary N) is 1. The van der Waals surface area contributed by atoms with Gasteiger partial charge in [-0.3, -0.25) is 9.48 Å². The SMILES string of the molecule is CCn1nc(C(=O)Nc2cc(C)nn2-c2nc3ccc(OC)cc3s2)cc1C. The maximum absolute atomic E-state index is 12.7. The zero-order valence-electron chi connectivity index (χ0n) is 16.1. The van der Waals surface area contributed by atoms with Gasteiger partial charge in [-0.15, -0.1) is 0 Å². The van der Waals surface area contributed by atoms with Crippen molar-refractivity contribution in [3.05, 3.63) is 47.4 Å². The minimum absolute atomic E-state index is 0.278. The number of fused-ring (bicyclic) bond motifs is 1. The number of aryl methyl sites for hydroxylation is 3. The number of carbonyl (C=O) groups is 1. The quantitative estimate of drug-likeness (QED) is 0.557. The highest BCUT2D eigenvalue weighted by atomic mass is 32.1. The average Bonchev–Trinajstić information content (AvgIpc) is 3.36. The lowest BCUT2D eigenvalue weighted by molar-refractivity contribution is 0.102. The van der Waals surface area contributed by atoms with Crippen molar-refractivity contribution in [3.8, 4) is 10.9 Å². The van der Waals surface area contributed by atoms with E-state index in [0.717, 1.165) is 27.4 Å². The number of methoxy groups -OCH3 is 1. The zero-order chi connectivity index (χ0) is 19.8. The van der Waals surface area contributed by atoms with Crippen LogP contribution in [0.5, 0.6) is 5.75 Å². The second-order valence-electron chi connectivity index (χ2n) is 6.35. The number of anilines is 1. The van der Waals surface area contributed by atoms with Crippen molar-refractivity contribution in [2.45, 2.75) is 27.3 Å². The van der Waals surface area contributed by atoms with E-state index in [4.69, 9.17) is 4.74 Å². The first-order chi connectivity index (χ1) is 13.5. The summed E-state index contributed by atoms with van der Waals surface area (Å²) in [5.41, 5.74) is 2.95. The van der Waals surface area contributed by atoms with Crippen LogP contribution in [0.4, 0.5) is 5.82 Å². The number of ether oxygens (including phenoxy) is 1. The largest absolute Gasteiger partial charge is 0.497 e. The number of aromatic nitrogens is 5. The Morgan fingerprint density at radius 1 is 1.21 bits per heavy atom. The molecule has 0 fully saturated rings. The third-order valence-electron chi connectivity index (χ3n) is 4.35. The molecule has 4 aromatic rings. The first kappa shape index (κ1) is 18.2.